The smallest absolute Gasteiger partial charge is 0.119 e. The summed E-state index contributed by atoms with van der Waals surface area (Å²) in [5.41, 5.74) is 3.04. The molecule has 0 aromatic heterocycles. The molecule has 0 heterocycles. The zero-order valence-corrected chi connectivity index (χ0v) is 12.6. The molecule has 2 unspecified atom stereocenters. The van der Waals surface area contributed by atoms with Gasteiger partial charge in [-0.1, -0.05) is 49.4 Å². The second kappa shape index (κ2) is 6.77. The van der Waals surface area contributed by atoms with E-state index in [1.165, 1.54) is 17.5 Å². The molecule has 0 spiro atoms. The van der Waals surface area contributed by atoms with Gasteiger partial charge in [0.25, 0.3) is 0 Å². The number of rotatable bonds is 7. The van der Waals surface area contributed by atoms with E-state index in [4.69, 9.17) is 4.74 Å². The zero-order chi connectivity index (χ0) is 14.5. The number of para-hydroxylation sites is 1. The van der Waals surface area contributed by atoms with Crippen molar-refractivity contribution in [2.75, 3.05) is 13.2 Å². The minimum absolute atomic E-state index is 0.411. The SMILES string of the molecule is CCNC(COc1ccccc1)CC1Cc2ccccc21. The summed E-state index contributed by atoms with van der Waals surface area (Å²) in [6, 6.07) is 19.3. The van der Waals surface area contributed by atoms with Gasteiger partial charge in [-0.25, -0.2) is 0 Å². The average Bonchev–Trinajstić information content (AvgIpc) is 2.51. The number of ether oxygens (including phenoxy) is 1. The molecule has 2 nitrogen and oxygen atoms in total. The number of nitrogens with one attached hydrogen (secondary N) is 1. The molecule has 0 radical (unpaired) electrons. The van der Waals surface area contributed by atoms with Crippen molar-refractivity contribution >= 4 is 0 Å². The molecule has 3 rings (SSSR count). The molecule has 1 aliphatic rings. The van der Waals surface area contributed by atoms with Crippen LogP contribution in [0.1, 0.15) is 30.4 Å². The number of likely N-dealkylation sites (N-methyl/N-ethyl adjacent to an activating group) is 1. The van der Waals surface area contributed by atoms with Gasteiger partial charge >= 0.3 is 0 Å². The van der Waals surface area contributed by atoms with E-state index in [0.29, 0.717) is 12.0 Å². The first kappa shape index (κ1) is 14.2. The normalized spacial score (nSPS) is 17.7. The van der Waals surface area contributed by atoms with Gasteiger partial charge in [0, 0.05) is 6.04 Å². The Kier molecular flexibility index (Phi) is 4.56. The Labute approximate surface area is 127 Å². The first-order chi connectivity index (χ1) is 10.4. The monoisotopic (exact) mass is 281 g/mol. The van der Waals surface area contributed by atoms with Gasteiger partial charge in [0.15, 0.2) is 0 Å². The third-order valence-electron chi connectivity index (χ3n) is 4.22. The number of fused-ring (bicyclic) bond motifs is 1. The van der Waals surface area contributed by atoms with Crippen molar-refractivity contribution in [1.82, 2.24) is 5.32 Å². The van der Waals surface area contributed by atoms with E-state index in [9.17, 15) is 0 Å². The predicted octanol–water partition coefficient (Wildman–Crippen LogP) is 3.77. The second-order valence-electron chi connectivity index (χ2n) is 5.71. The molecular weight excluding hydrogens is 258 g/mol. The van der Waals surface area contributed by atoms with E-state index in [1.807, 2.05) is 30.3 Å². The minimum atomic E-state index is 0.411. The zero-order valence-electron chi connectivity index (χ0n) is 12.6. The van der Waals surface area contributed by atoms with Crippen LogP contribution in [0.3, 0.4) is 0 Å². The Balaban J connectivity index is 1.56. The van der Waals surface area contributed by atoms with Crippen LogP contribution in [0.15, 0.2) is 54.6 Å². The topological polar surface area (TPSA) is 21.3 Å². The largest absolute Gasteiger partial charge is 0.492 e. The van der Waals surface area contributed by atoms with Crippen molar-refractivity contribution in [3.05, 3.63) is 65.7 Å². The number of benzene rings is 2. The summed E-state index contributed by atoms with van der Waals surface area (Å²) >= 11 is 0. The fourth-order valence-corrected chi connectivity index (χ4v) is 3.13. The molecule has 0 saturated heterocycles. The molecular formula is C19H23NO. The van der Waals surface area contributed by atoms with Gasteiger partial charge < -0.3 is 10.1 Å². The van der Waals surface area contributed by atoms with Crippen LogP contribution < -0.4 is 10.1 Å². The van der Waals surface area contributed by atoms with Gasteiger partial charge in [-0.05, 0) is 48.6 Å². The van der Waals surface area contributed by atoms with Crippen LogP contribution in [-0.2, 0) is 6.42 Å². The van der Waals surface area contributed by atoms with E-state index >= 15 is 0 Å². The van der Waals surface area contributed by atoms with Crippen molar-refractivity contribution in [3.8, 4) is 5.75 Å². The Morgan fingerprint density at radius 2 is 1.86 bits per heavy atom. The maximum atomic E-state index is 5.92. The maximum absolute atomic E-state index is 5.92. The summed E-state index contributed by atoms with van der Waals surface area (Å²) < 4.78 is 5.92. The van der Waals surface area contributed by atoms with Crippen LogP contribution in [0.2, 0.25) is 0 Å². The van der Waals surface area contributed by atoms with Gasteiger partial charge in [0.05, 0.1) is 0 Å². The summed E-state index contributed by atoms with van der Waals surface area (Å²) in [4.78, 5) is 0. The molecule has 0 aliphatic heterocycles. The molecule has 2 aromatic rings. The van der Waals surface area contributed by atoms with Crippen molar-refractivity contribution in [2.24, 2.45) is 0 Å². The number of hydrogen-bond acceptors (Lipinski definition) is 2. The van der Waals surface area contributed by atoms with E-state index in [2.05, 4.69) is 36.5 Å². The van der Waals surface area contributed by atoms with Gasteiger partial charge in [0.1, 0.15) is 12.4 Å². The highest BCUT2D eigenvalue weighted by atomic mass is 16.5. The van der Waals surface area contributed by atoms with Crippen LogP contribution >= 0.6 is 0 Å². The molecule has 1 aliphatic carbocycles. The van der Waals surface area contributed by atoms with Gasteiger partial charge in [-0.15, -0.1) is 0 Å². The van der Waals surface area contributed by atoms with Crippen molar-refractivity contribution in [1.29, 1.82) is 0 Å². The highest BCUT2D eigenvalue weighted by molar-refractivity contribution is 5.39. The Morgan fingerprint density at radius 3 is 2.62 bits per heavy atom. The lowest BCUT2D eigenvalue weighted by Crippen LogP contribution is -2.37. The fraction of sp³-hybridized carbons (Fsp3) is 0.368. The van der Waals surface area contributed by atoms with Crippen molar-refractivity contribution in [2.45, 2.75) is 31.7 Å². The summed E-state index contributed by atoms with van der Waals surface area (Å²) in [7, 11) is 0. The van der Waals surface area contributed by atoms with E-state index < -0.39 is 0 Å². The molecule has 21 heavy (non-hydrogen) atoms. The molecule has 0 bridgehead atoms. The van der Waals surface area contributed by atoms with Gasteiger partial charge in [-0.2, -0.15) is 0 Å². The first-order valence-corrected chi connectivity index (χ1v) is 7.86. The van der Waals surface area contributed by atoms with Crippen LogP contribution in [0, 0.1) is 0 Å². The lowest BCUT2D eigenvalue weighted by Gasteiger charge is -2.33. The minimum Gasteiger partial charge on any atom is -0.492 e. The maximum Gasteiger partial charge on any atom is 0.119 e. The number of hydrogen-bond donors (Lipinski definition) is 1. The predicted molar refractivity (Wildman–Crippen MR) is 86.9 cm³/mol. The Morgan fingerprint density at radius 1 is 1.10 bits per heavy atom. The Bertz CT molecular complexity index is 567. The molecule has 110 valence electrons. The summed E-state index contributed by atoms with van der Waals surface area (Å²) in [5.74, 6) is 1.64. The van der Waals surface area contributed by atoms with Crippen LogP contribution in [0.4, 0.5) is 0 Å². The molecule has 2 aromatic carbocycles. The average molecular weight is 281 g/mol. The van der Waals surface area contributed by atoms with Gasteiger partial charge in [0.2, 0.25) is 0 Å². The van der Waals surface area contributed by atoms with E-state index in [0.717, 1.165) is 25.3 Å². The fourth-order valence-electron chi connectivity index (χ4n) is 3.13. The van der Waals surface area contributed by atoms with Crippen molar-refractivity contribution < 1.29 is 4.74 Å². The lowest BCUT2D eigenvalue weighted by atomic mass is 9.74. The third kappa shape index (κ3) is 3.45. The highest BCUT2D eigenvalue weighted by Gasteiger charge is 2.27. The first-order valence-electron chi connectivity index (χ1n) is 7.86. The van der Waals surface area contributed by atoms with Crippen LogP contribution in [0.25, 0.3) is 0 Å². The quantitative estimate of drug-likeness (QED) is 0.834. The summed E-state index contributed by atoms with van der Waals surface area (Å²) in [6.07, 6.45) is 2.36. The van der Waals surface area contributed by atoms with E-state index in [1.54, 1.807) is 0 Å². The standard InChI is InChI=1S/C19H23NO/c1-2-20-17(14-21-18-9-4-3-5-10-18)13-16-12-15-8-6-7-11-19(15)16/h3-11,16-17,20H,2,12-14H2,1H3. The molecule has 2 heteroatoms. The van der Waals surface area contributed by atoms with Gasteiger partial charge in [-0.3, -0.25) is 0 Å². The molecule has 0 saturated carbocycles. The van der Waals surface area contributed by atoms with E-state index in [-0.39, 0.29) is 0 Å². The highest BCUT2D eigenvalue weighted by Crippen LogP contribution is 2.37. The molecule has 0 amide bonds. The summed E-state index contributed by atoms with van der Waals surface area (Å²) in [5, 5.41) is 3.56. The lowest BCUT2D eigenvalue weighted by molar-refractivity contribution is 0.247. The third-order valence-corrected chi connectivity index (χ3v) is 4.22. The molecule has 2 atom stereocenters. The molecule has 1 N–H and O–H groups in total. The second-order valence-corrected chi connectivity index (χ2v) is 5.71. The van der Waals surface area contributed by atoms with Crippen LogP contribution in [-0.4, -0.2) is 19.2 Å². The molecule has 0 fully saturated rings. The summed E-state index contributed by atoms with van der Waals surface area (Å²) in [6.45, 7) is 3.87. The van der Waals surface area contributed by atoms with Crippen molar-refractivity contribution in [3.63, 3.8) is 0 Å². The Hall–Kier alpha value is -1.80. The van der Waals surface area contributed by atoms with Crippen LogP contribution in [0.5, 0.6) is 5.75 Å².